The first kappa shape index (κ1) is 17.7. The molecule has 2 fully saturated rings. The van der Waals surface area contributed by atoms with Crippen molar-refractivity contribution in [1.82, 2.24) is 15.1 Å². The summed E-state index contributed by atoms with van der Waals surface area (Å²) in [5, 5.41) is 6.02. The van der Waals surface area contributed by atoms with Crippen LogP contribution in [0, 0.1) is 13.8 Å². The number of hydrogen-bond donors (Lipinski definition) is 2. The highest BCUT2D eigenvalue weighted by Crippen LogP contribution is 2.19. The summed E-state index contributed by atoms with van der Waals surface area (Å²) in [5.41, 5.74) is 3.20. The number of aryl methyl sites for hydroxylation is 2. The van der Waals surface area contributed by atoms with Crippen LogP contribution in [0.1, 0.15) is 30.9 Å². The SMILES string of the molecule is Cc1ccc(NC(=O)N2CCN(C(C)C(=O)NC3CC3)CC2)cc1C. The van der Waals surface area contributed by atoms with Crippen molar-refractivity contribution in [3.8, 4) is 0 Å². The molecule has 0 radical (unpaired) electrons. The molecule has 1 atom stereocenters. The number of anilines is 1. The predicted molar refractivity (Wildman–Crippen MR) is 98.7 cm³/mol. The molecule has 1 saturated carbocycles. The van der Waals surface area contributed by atoms with Gasteiger partial charge in [0.1, 0.15) is 0 Å². The number of piperazine rings is 1. The minimum atomic E-state index is -0.134. The molecule has 1 aliphatic heterocycles. The third-order valence-corrected chi connectivity index (χ3v) is 5.21. The standard InChI is InChI=1S/C19H28N4O2/c1-13-4-5-17(12-14(13)2)21-19(25)23-10-8-22(9-11-23)15(3)18(24)20-16-6-7-16/h4-5,12,15-16H,6-11H2,1-3H3,(H,20,24)(H,21,25). The predicted octanol–water partition coefficient (Wildman–Crippen LogP) is 2.12. The van der Waals surface area contributed by atoms with E-state index in [0.717, 1.165) is 37.2 Å². The second kappa shape index (κ2) is 7.44. The van der Waals surface area contributed by atoms with Crippen molar-refractivity contribution in [1.29, 1.82) is 0 Å². The zero-order valence-corrected chi connectivity index (χ0v) is 15.3. The molecule has 6 nitrogen and oxygen atoms in total. The molecule has 1 saturated heterocycles. The van der Waals surface area contributed by atoms with Crippen molar-refractivity contribution < 1.29 is 9.59 Å². The zero-order chi connectivity index (χ0) is 18.0. The van der Waals surface area contributed by atoms with Gasteiger partial charge in [-0.05, 0) is 56.9 Å². The summed E-state index contributed by atoms with van der Waals surface area (Å²) in [6.45, 7) is 8.76. The summed E-state index contributed by atoms with van der Waals surface area (Å²) in [6, 6.07) is 6.13. The molecule has 25 heavy (non-hydrogen) atoms. The molecule has 136 valence electrons. The Bertz CT molecular complexity index is 649. The van der Waals surface area contributed by atoms with Crippen LogP contribution in [0.4, 0.5) is 10.5 Å². The Morgan fingerprint density at radius 2 is 1.76 bits per heavy atom. The third kappa shape index (κ3) is 4.51. The van der Waals surface area contributed by atoms with Crippen LogP contribution in [0.5, 0.6) is 0 Å². The minimum Gasteiger partial charge on any atom is -0.352 e. The third-order valence-electron chi connectivity index (χ3n) is 5.21. The number of rotatable bonds is 4. The van der Waals surface area contributed by atoms with E-state index < -0.39 is 0 Å². The van der Waals surface area contributed by atoms with Gasteiger partial charge >= 0.3 is 6.03 Å². The Labute approximate surface area is 149 Å². The number of carbonyl (C=O) groups is 2. The van der Waals surface area contributed by atoms with Crippen LogP contribution < -0.4 is 10.6 Å². The zero-order valence-electron chi connectivity index (χ0n) is 15.3. The van der Waals surface area contributed by atoms with Crippen LogP contribution in [-0.4, -0.2) is 60.0 Å². The molecule has 1 unspecified atom stereocenters. The Morgan fingerprint density at radius 3 is 2.36 bits per heavy atom. The van der Waals surface area contributed by atoms with Crippen molar-refractivity contribution in [3.05, 3.63) is 29.3 Å². The van der Waals surface area contributed by atoms with Gasteiger partial charge in [0.25, 0.3) is 0 Å². The van der Waals surface area contributed by atoms with Crippen LogP contribution >= 0.6 is 0 Å². The van der Waals surface area contributed by atoms with Gasteiger partial charge in [-0.1, -0.05) is 6.07 Å². The first-order valence-electron chi connectivity index (χ1n) is 9.11. The molecule has 3 amide bonds. The lowest BCUT2D eigenvalue weighted by Gasteiger charge is -2.37. The molecule has 2 N–H and O–H groups in total. The quantitative estimate of drug-likeness (QED) is 0.879. The topological polar surface area (TPSA) is 64.7 Å². The van der Waals surface area contributed by atoms with E-state index in [1.54, 1.807) is 0 Å². The maximum Gasteiger partial charge on any atom is 0.321 e. The number of benzene rings is 1. The summed E-state index contributed by atoms with van der Waals surface area (Å²) in [4.78, 5) is 28.6. The Balaban J connectivity index is 1.48. The lowest BCUT2D eigenvalue weighted by atomic mass is 10.1. The van der Waals surface area contributed by atoms with E-state index in [-0.39, 0.29) is 18.0 Å². The van der Waals surface area contributed by atoms with Gasteiger partial charge in [0.2, 0.25) is 5.91 Å². The molecular weight excluding hydrogens is 316 g/mol. The summed E-state index contributed by atoms with van der Waals surface area (Å²) in [7, 11) is 0. The molecular formula is C19H28N4O2. The number of carbonyl (C=O) groups excluding carboxylic acids is 2. The van der Waals surface area contributed by atoms with Crippen LogP contribution in [0.3, 0.4) is 0 Å². The fraction of sp³-hybridized carbons (Fsp3) is 0.579. The number of nitrogens with zero attached hydrogens (tertiary/aromatic N) is 2. The Morgan fingerprint density at radius 1 is 1.08 bits per heavy atom. The average molecular weight is 344 g/mol. The van der Waals surface area contributed by atoms with E-state index in [4.69, 9.17) is 0 Å². The monoisotopic (exact) mass is 344 g/mol. The smallest absolute Gasteiger partial charge is 0.321 e. The highest BCUT2D eigenvalue weighted by molar-refractivity contribution is 5.89. The number of hydrogen-bond acceptors (Lipinski definition) is 3. The van der Waals surface area contributed by atoms with Crippen molar-refractivity contribution in [2.75, 3.05) is 31.5 Å². The Kier molecular flexibility index (Phi) is 5.27. The van der Waals surface area contributed by atoms with Gasteiger partial charge in [0.05, 0.1) is 6.04 Å². The fourth-order valence-electron chi connectivity index (χ4n) is 3.05. The molecule has 6 heteroatoms. The minimum absolute atomic E-state index is 0.0713. The number of urea groups is 1. The second-order valence-electron chi connectivity index (χ2n) is 7.21. The highest BCUT2D eigenvalue weighted by atomic mass is 16.2. The molecule has 1 aliphatic carbocycles. The first-order valence-corrected chi connectivity index (χ1v) is 9.11. The average Bonchev–Trinajstić information content (AvgIpc) is 3.41. The number of nitrogens with one attached hydrogen (secondary N) is 2. The summed E-state index contributed by atoms with van der Waals surface area (Å²) >= 11 is 0. The molecule has 0 bridgehead atoms. The van der Waals surface area contributed by atoms with Crippen molar-refractivity contribution in [3.63, 3.8) is 0 Å². The van der Waals surface area contributed by atoms with Crippen molar-refractivity contribution in [2.24, 2.45) is 0 Å². The van der Waals surface area contributed by atoms with Gasteiger partial charge in [0.15, 0.2) is 0 Å². The van der Waals surface area contributed by atoms with E-state index in [1.165, 1.54) is 5.56 Å². The van der Waals surface area contributed by atoms with Crippen LogP contribution in [0.25, 0.3) is 0 Å². The van der Waals surface area contributed by atoms with Gasteiger partial charge in [-0.15, -0.1) is 0 Å². The van der Waals surface area contributed by atoms with Gasteiger partial charge in [-0.25, -0.2) is 4.79 Å². The molecule has 1 aromatic rings. The molecule has 2 aliphatic rings. The molecule has 1 aromatic carbocycles. The van der Waals surface area contributed by atoms with E-state index in [0.29, 0.717) is 19.1 Å². The van der Waals surface area contributed by atoms with Crippen LogP contribution in [0.2, 0.25) is 0 Å². The normalized spacial score (nSPS) is 19.4. The largest absolute Gasteiger partial charge is 0.352 e. The molecule has 3 rings (SSSR count). The Hall–Kier alpha value is -2.08. The van der Waals surface area contributed by atoms with Gasteiger partial charge in [-0.2, -0.15) is 0 Å². The van der Waals surface area contributed by atoms with Gasteiger partial charge in [0, 0.05) is 37.9 Å². The maximum atomic E-state index is 12.4. The van der Waals surface area contributed by atoms with Crippen LogP contribution in [-0.2, 0) is 4.79 Å². The van der Waals surface area contributed by atoms with Crippen LogP contribution in [0.15, 0.2) is 18.2 Å². The molecule has 1 heterocycles. The molecule has 0 aromatic heterocycles. The van der Waals surface area contributed by atoms with Gasteiger partial charge < -0.3 is 15.5 Å². The summed E-state index contributed by atoms with van der Waals surface area (Å²) in [5.74, 6) is 0.107. The molecule has 0 spiro atoms. The van der Waals surface area contributed by atoms with E-state index >= 15 is 0 Å². The van der Waals surface area contributed by atoms with E-state index in [1.807, 2.05) is 36.9 Å². The van der Waals surface area contributed by atoms with E-state index in [9.17, 15) is 9.59 Å². The first-order chi connectivity index (χ1) is 11.9. The van der Waals surface area contributed by atoms with Crippen molar-refractivity contribution in [2.45, 2.75) is 45.7 Å². The lowest BCUT2D eigenvalue weighted by Crippen LogP contribution is -2.55. The number of amides is 3. The van der Waals surface area contributed by atoms with E-state index in [2.05, 4.69) is 22.5 Å². The second-order valence-corrected chi connectivity index (χ2v) is 7.21. The fourth-order valence-corrected chi connectivity index (χ4v) is 3.05. The lowest BCUT2D eigenvalue weighted by molar-refractivity contribution is -0.126. The highest BCUT2D eigenvalue weighted by Gasteiger charge is 2.30. The maximum absolute atomic E-state index is 12.4. The summed E-state index contributed by atoms with van der Waals surface area (Å²) in [6.07, 6.45) is 2.20. The van der Waals surface area contributed by atoms with Crippen molar-refractivity contribution >= 4 is 17.6 Å². The van der Waals surface area contributed by atoms with Gasteiger partial charge in [-0.3, -0.25) is 9.69 Å². The summed E-state index contributed by atoms with van der Waals surface area (Å²) < 4.78 is 0.